The Kier molecular flexibility index (Phi) is 5.48. The molecule has 0 atom stereocenters. The van der Waals surface area contributed by atoms with Crippen LogP contribution in [-0.2, 0) is 10.8 Å². The first-order valence-corrected chi connectivity index (χ1v) is 8.23. The van der Waals surface area contributed by atoms with E-state index in [2.05, 4.69) is 17.2 Å². The summed E-state index contributed by atoms with van der Waals surface area (Å²) in [5.41, 5.74) is 5.73. The van der Waals surface area contributed by atoms with Gasteiger partial charge in [-0.2, -0.15) is 0 Å². The van der Waals surface area contributed by atoms with Crippen molar-refractivity contribution >= 4 is 16.7 Å². The van der Waals surface area contributed by atoms with Gasteiger partial charge >= 0.3 is 0 Å². The van der Waals surface area contributed by atoms with Crippen LogP contribution in [0.5, 0.6) is 0 Å². The Labute approximate surface area is 125 Å². The van der Waals surface area contributed by atoms with Crippen LogP contribution in [0.3, 0.4) is 0 Å². The number of hydrogen-bond donors (Lipinski definition) is 2. The second kappa shape index (κ2) is 7.34. The molecule has 1 aromatic rings. The van der Waals surface area contributed by atoms with E-state index in [1.807, 2.05) is 0 Å². The molecule has 1 aliphatic rings. The van der Waals surface area contributed by atoms with Gasteiger partial charge in [-0.25, -0.2) is 4.39 Å². The minimum Gasteiger partial charge on any atom is -0.349 e. The lowest BCUT2D eigenvalue weighted by molar-refractivity contribution is 0.0934. The van der Waals surface area contributed by atoms with Crippen LogP contribution in [0.1, 0.15) is 28.8 Å². The van der Waals surface area contributed by atoms with Gasteiger partial charge in [0.15, 0.2) is 0 Å². The number of hydrogen-bond acceptors (Lipinski definition) is 3. The van der Waals surface area contributed by atoms with Crippen molar-refractivity contribution in [2.45, 2.75) is 18.9 Å². The van der Waals surface area contributed by atoms with Gasteiger partial charge in [-0.05, 0) is 31.0 Å². The molecular formula is C15H17FN2O2S. The van der Waals surface area contributed by atoms with Gasteiger partial charge in [0.1, 0.15) is 5.82 Å². The van der Waals surface area contributed by atoms with Gasteiger partial charge < -0.3 is 11.1 Å². The highest BCUT2D eigenvalue weighted by atomic mass is 32.2. The van der Waals surface area contributed by atoms with Crippen molar-refractivity contribution in [3.05, 3.63) is 35.1 Å². The lowest BCUT2D eigenvalue weighted by Crippen LogP contribution is -2.39. The lowest BCUT2D eigenvalue weighted by atomic mass is 10.1. The number of amides is 1. The topological polar surface area (TPSA) is 72.2 Å². The lowest BCUT2D eigenvalue weighted by Gasteiger charge is -2.22. The molecule has 0 spiro atoms. The Morgan fingerprint density at radius 2 is 2.14 bits per heavy atom. The van der Waals surface area contributed by atoms with Crippen LogP contribution in [-0.4, -0.2) is 34.2 Å². The van der Waals surface area contributed by atoms with E-state index in [9.17, 15) is 13.4 Å². The standard InChI is InChI=1S/C15H17FN2O2S/c16-14-10-12(4-3-11(14)2-1-7-17)15(19)18-13-5-8-21(20)9-6-13/h3-4,10,13H,5-9,17H2,(H,18,19). The quantitative estimate of drug-likeness (QED) is 0.793. The Morgan fingerprint density at radius 1 is 1.43 bits per heavy atom. The summed E-state index contributed by atoms with van der Waals surface area (Å²) in [4.78, 5) is 12.1. The molecule has 1 aromatic carbocycles. The van der Waals surface area contributed by atoms with Crippen molar-refractivity contribution in [2.24, 2.45) is 5.73 Å². The van der Waals surface area contributed by atoms with Crippen molar-refractivity contribution in [3.63, 3.8) is 0 Å². The Morgan fingerprint density at radius 3 is 2.76 bits per heavy atom. The summed E-state index contributed by atoms with van der Waals surface area (Å²) in [5, 5.41) is 2.85. The minimum absolute atomic E-state index is 0.00923. The largest absolute Gasteiger partial charge is 0.349 e. The average molecular weight is 308 g/mol. The molecule has 21 heavy (non-hydrogen) atoms. The molecule has 4 nitrogen and oxygen atoms in total. The van der Waals surface area contributed by atoms with Crippen molar-refractivity contribution < 1.29 is 13.4 Å². The number of carbonyl (C=O) groups is 1. The molecule has 1 amide bonds. The van der Waals surface area contributed by atoms with Gasteiger partial charge in [0.2, 0.25) is 0 Å². The second-order valence-corrected chi connectivity index (χ2v) is 6.49. The normalized spacial score (nSPS) is 21.2. The molecule has 1 aliphatic heterocycles. The van der Waals surface area contributed by atoms with Crippen LogP contribution < -0.4 is 11.1 Å². The van der Waals surface area contributed by atoms with Crippen LogP contribution in [0.4, 0.5) is 4.39 Å². The number of halogens is 1. The number of carbonyl (C=O) groups excluding carboxylic acids is 1. The smallest absolute Gasteiger partial charge is 0.251 e. The first-order chi connectivity index (χ1) is 10.1. The molecule has 6 heteroatoms. The predicted molar refractivity (Wildman–Crippen MR) is 80.7 cm³/mol. The Hall–Kier alpha value is -1.71. The molecular weight excluding hydrogens is 291 g/mol. The van der Waals surface area contributed by atoms with Crippen LogP contribution in [0.15, 0.2) is 18.2 Å². The average Bonchev–Trinajstić information content (AvgIpc) is 2.48. The maximum absolute atomic E-state index is 13.8. The highest BCUT2D eigenvalue weighted by molar-refractivity contribution is 7.85. The van der Waals surface area contributed by atoms with Gasteiger partial charge in [0.25, 0.3) is 5.91 Å². The van der Waals surface area contributed by atoms with E-state index in [-0.39, 0.29) is 29.6 Å². The van der Waals surface area contributed by atoms with E-state index < -0.39 is 16.6 Å². The number of rotatable bonds is 2. The van der Waals surface area contributed by atoms with E-state index in [1.54, 1.807) is 6.07 Å². The summed E-state index contributed by atoms with van der Waals surface area (Å²) in [5.74, 6) is 5.54. The third kappa shape index (κ3) is 4.38. The molecule has 1 saturated heterocycles. The first-order valence-electron chi connectivity index (χ1n) is 6.74. The number of benzene rings is 1. The molecule has 0 aromatic heterocycles. The maximum atomic E-state index is 13.8. The summed E-state index contributed by atoms with van der Waals surface area (Å²) in [6, 6.07) is 4.20. The van der Waals surface area contributed by atoms with E-state index in [0.29, 0.717) is 24.3 Å². The molecule has 112 valence electrons. The Balaban J connectivity index is 2.02. The van der Waals surface area contributed by atoms with Crippen LogP contribution in [0.25, 0.3) is 0 Å². The molecule has 0 saturated carbocycles. The van der Waals surface area contributed by atoms with Gasteiger partial charge in [-0.15, -0.1) is 0 Å². The van der Waals surface area contributed by atoms with Gasteiger partial charge in [-0.3, -0.25) is 9.00 Å². The van der Waals surface area contributed by atoms with E-state index in [4.69, 9.17) is 5.73 Å². The fraction of sp³-hybridized carbons (Fsp3) is 0.400. The fourth-order valence-corrected chi connectivity index (χ4v) is 3.41. The van der Waals surface area contributed by atoms with Crippen molar-refractivity contribution in [3.8, 4) is 11.8 Å². The first kappa shape index (κ1) is 15.7. The molecule has 0 unspecified atom stereocenters. The van der Waals surface area contributed by atoms with Crippen molar-refractivity contribution in [1.29, 1.82) is 0 Å². The van der Waals surface area contributed by atoms with E-state index in [0.717, 1.165) is 0 Å². The van der Waals surface area contributed by atoms with Crippen molar-refractivity contribution in [2.75, 3.05) is 18.1 Å². The molecule has 1 heterocycles. The van der Waals surface area contributed by atoms with Gasteiger partial charge in [0.05, 0.1) is 12.1 Å². The number of nitrogens with one attached hydrogen (secondary N) is 1. The molecule has 0 aliphatic carbocycles. The van der Waals surface area contributed by atoms with Crippen LogP contribution in [0, 0.1) is 17.7 Å². The summed E-state index contributed by atoms with van der Waals surface area (Å²) in [7, 11) is -0.767. The van der Waals surface area contributed by atoms with Crippen LogP contribution in [0.2, 0.25) is 0 Å². The maximum Gasteiger partial charge on any atom is 0.251 e. The third-order valence-electron chi connectivity index (χ3n) is 3.28. The summed E-state index contributed by atoms with van der Waals surface area (Å²) >= 11 is 0. The molecule has 0 bridgehead atoms. The summed E-state index contributed by atoms with van der Waals surface area (Å²) in [6.07, 6.45) is 1.39. The molecule has 0 radical (unpaired) electrons. The Bertz CT molecular complexity index is 612. The minimum atomic E-state index is -0.767. The molecule has 2 rings (SSSR count). The van der Waals surface area contributed by atoms with Gasteiger partial charge in [-0.1, -0.05) is 11.8 Å². The zero-order chi connectivity index (χ0) is 15.2. The fourth-order valence-electron chi connectivity index (χ4n) is 2.11. The molecule has 3 N–H and O–H groups in total. The van der Waals surface area contributed by atoms with E-state index in [1.165, 1.54) is 12.1 Å². The zero-order valence-corrected chi connectivity index (χ0v) is 12.3. The highest BCUT2D eigenvalue weighted by Crippen LogP contribution is 2.12. The molecule has 1 fully saturated rings. The van der Waals surface area contributed by atoms with Crippen molar-refractivity contribution in [1.82, 2.24) is 5.32 Å². The zero-order valence-electron chi connectivity index (χ0n) is 11.5. The van der Waals surface area contributed by atoms with E-state index >= 15 is 0 Å². The highest BCUT2D eigenvalue weighted by Gasteiger charge is 2.20. The second-order valence-electron chi connectivity index (χ2n) is 4.80. The number of nitrogens with two attached hydrogens (primary N) is 1. The SMILES string of the molecule is NCC#Cc1ccc(C(=O)NC2CCS(=O)CC2)cc1F. The van der Waals surface area contributed by atoms with Crippen LogP contribution >= 0.6 is 0 Å². The summed E-state index contributed by atoms with van der Waals surface area (Å²) in [6.45, 7) is 0.157. The summed E-state index contributed by atoms with van der Waals surface area (Å²) < 4.78 is 25.1. The predicted octanol–water partition coefficient (Wildman–Crippen LogP) is 0.777. The van der Waals surface area contributed by atoms with Gasteiger partial charge in [0, 0.05) is 33.9 Å². The third-order valence-corrected chi connectivity index (χ3v) is 4.66. The monoisotopic (exact) mass is 308 g/mol.